The number of nitrogens with zero attached hydrogens (tertiary/aromatic N) is 4. The normalized spacial score (nSPS) is 23.1. The monoisotopic (exact) mass is 484 g/mol. The number of halogens is 2. The van der Waals surface area contributed by atoms with E-state index < -0.39 is 17.1 Å². The first kappa shape index (κ1) is 24.2. The summed E-state index contributed by atoms with van der Waals surface area (Å²) in [6, 6.07) is 5.52. The third-order valence-electron chi connectivity index (χ3n) is 7.20. The molecule has 2 unspecified atom stereocenters. The van der Waals surface area contributed by atoms with Crippen LogP contribution in [0.15, 0.2) is 18.3 Å². The minimum Gasteiger partial charge on any atom is -0.398 e. The fraction of sp³-hybridized carbons (Fsp3) is 0.480. The van der Waals surface area contributed by atoms with Gasteiger partial charge in [0.2, 0.25) is 0 Å². The third kappa shape index (κ3) is 3.97. The summed E-state index contributed by atoms with van der Waals surface area (Å²) in [5.74, 6) is -0.521. The van der Waals surface area contributed by atoms with Gasteiger partial charge in [0.25, 0.3) is 5.91 Å². The number of hydrogen-bond acceptors (Lipinski definition) is 6. The zero-order chi connectivity index (χ0) is 24.8. The highest BCUT2D eigenvalue weighted by atomic mass is 35.5. The van der Waals surface area contributed by atoms with Crippen molar-refractivity contribution in [2.24, 2.45) is 5.41 Å². The van der Waals surface area contributed by atoms with Crippen molar-refractivity contribution in [3.63, 3.8) is 0 Å². The highest BCUT2D eigenvalue weighted by Gasteiger charge is 2.52. The Morgan fingerprint density at radius 1 is 1.29 bits per heavy atom. The molecule has 9 heteroatoms. The number of carbonyl (C=O) groups excluding carboxylic acids is 1. The quantitative estimate of drug-likeness (QED) is 0.619. The summed E-state index contributed by atoms with van der Waals surface area (Å²) in [6.07, 6.45) is 3.75. The molecule has 0 bridgehead atoms. The molecule has 0 radical (unpaired) electrons. The Balaban J connectivity index is 1.76. The van der Waals surface area contributed by atoms with Crippen LogP contribution < -0.4 is 11.1 Å². The number of fused-ring (bicyclic) bond motifs is 2. The largest absolute Gasteiger partial charge is 0.398 e. The van der Waals surface area contributed by atoms with E-state index in [2.05, 4.69) is 16.4 Å². The minimum atomic E-state index is -0.710. The molecule has 1 saturated carbocycles. The van der Waals surface area contributed by atoms with Crippen LogP contribution in [-0.2, 0) is 5.41 Å². The Morgan fingerprint density at radius 2 is 2.03 bits per heavy atom. The van der Waals surface area contributed by atoms with E-state index in [4.69, 9.17) is 17.3 Å². The highest BCUT2D eigenvalue weighted by Crippen LogP contribution is 2.57. The summed E-state index contributed by atoms with van der Waals surface area (Å²) >= 11 is 6.92. The molecule has 0 saturated heterocycles. The number of nitriles is 1. The van der Waals surface area contributed by atoms with Gasteiger partial charge in [-0.15, -0.1) is 0 Å². The number of nitrogens with two attached hydrogens (primary N) is 1. The molecular formula is C25H30ClFN6O. The van der Waals surface area contributed by atoms with Crippen molar-refractivity contribution in [1.82, 2.24) is 14.8 Å². The summed E-state index contributed by atoms with van der Waals surface area (Å²) in [4.78, 5) is 21.0. The van der Waals surface area contributed by atoms with E-state index in [1.165, 1.54) is 17.2 Å². The van der Waals surface area contributed by atoms with Gasteiger partial charge in [0.15, 0.2) is 0 Å². The van der Waals surface area contributed by atoms with Gasteiger partial charge >= 0.3 is 0 Å². The first-order chi connectivity index (χ1) is 16.0. The number of carbonyl (C=O) groups is 1. The van der Waals surface area contributed by atoms with Gasteiger partial charge in [0, 0.05) is 60.7 Å². The molecule has 1 amide bonds. The molecule has 1 aliphatic carbocycles. The minimum absolute atomic E-state index is 0.0758. The number of anilines is 2. The van der Waals surface area contributed by atoms with E-state index in [-0.39, 0.29) is 22.2 Å². The van der Waals surface area contributed by atoms with Gasteiger partial charge in [0.1, 0.15) is 11.6 Å². The number of rotatable bonds is 5. The Morgan fingerprint density at radius 3 is 2.68 bits per heavy atom. The Bertz CT molecular complexity index is 1190. The average Bonchev–Trinajstić information content (AvgIpc) is 3.33. The number of nitrogen functional groups attached to an aromatic ring is 1. The van der Waals surface area contributed by atoms with Gasteiger partial charge in [-0.05, 0) is 52.4 Å². The maximum atomic E-state index is 15.8. The molecule has 1 fully saturated rings. The molecule has 1 spiro atoms. The van der Waals surface area contributed by atoms with Crippen LogP contribution in [0.25, 0.3) is 11.1 Å². The molecule has 2 heterocycles. The average molecular weight is 485 g/mol. The Labute approximate surface area is 204 Å². The number of pyridine rings is 1. The van der Waals surface area contributed by atoms with Crippen LogP contribution >= 0.6 is 11.6 Å². The van der Waals surface area contributed by atoms with Gasteiger partial charge in [-0.2, -0.15) is 5.26 Å². The number of hydrogen-bond donors (Lipinski definition) is 2. The number of nitrogens with one attached hydrogen (secondary N) is 1. The van der Waals surface area contributed by atoms with Crippen molar-refractivity contribution >= 4 is 29.0 Å². The molecule has 2 atom stereocenters. The van der Waals surface area contributed by atoms with Crippen LogP contribution in [0, 0.1) is 22.6 Å². The summed E-state index contributed by atoms with van der Waals surface area (Å²) in [5.41, 5.74) is 6.62. The fourth-order valence-corrected chi connectivity index (χ4v) is 5.63. The second-order valence-corrected chi connectivity index (χ2v) is 10.5. The number of benzene rings is 1. The van der Waals surface area contributed by atoms with Crippen LogP contribution in [0.3, 0.4) is 0 Å². The maximum Gasteiger partial charge on any atom is 0.258 e. The summed E-state index contributed by atoms with van der Waals surface area (Å²) in [5, 5.41) is 13.4. The molecule has 1 aromatic carbocycles. The van der Waals surface area contributed by atoms with Crippen molar-refractivity contribution in [3.8, 4) is 17.2 Å². The Hall–Kier alpha value is -2.89. The number of aromatic nitrogens is 1. The second-order valence-electron chi connectivity index (χ2n) is 10.1. The lowest BCUT2D eigenvalue weighted by molar-refractivity contribution is 0.0783. The van der Waals surface area contributed by atoms with Gasteiger partial charge in [-0.3, -0.25) is 4.79 Å². The summed E-state index contributed by atoms with van der Waals surface area (Å²) < 4.78 is 15.8. The van der Waals surface area contributed by atoms with Crippen molar-refractivity contribution in [2.75, 3.05) is 51.8 Å². The van der Waals surface area contributed by atoms with Crippen LogP contribution in [0.1, 0.15) is 42.1 Å². The van der Waals surface area contributed by atoms with Gasteiger partial charge in [-0.1, -0.05) is 11.6 Å². The molecule has 3 N–H and O–H groups in total. The van der Waals surface area contributed by atoms with Crippen LogP contribution in [0.4, 0.5) is 15.9 Å². The molecule has 2 aromatic rings. The van der Waals surface area contributed by atoms with E-state index >= 15 is 4.39 Å². The van der Waals surface area contributed by atoms with E-state index in [1.807, 2.05) is 25.9 Å². The van der Waals surface area contributed by atoms with Crippen molar-refractivity contribution in [3.05, 3.63) is 40.3 Å². The molecule has 1 aromatic heterocycles. The first-order valence-corrected chi connectivity index (χ1v) is 11.7. The van der Waals surface area contributed by atoms with Gasteiger partial charge < -0.3 is 20.9 Å². The Kier molecular flexibility index (Phi) is 6.21. The van der Waals surface area contributed by atoms with Crippen LogP contribution in [-0.4, -0.2) is 61.5 Å². The van der Waals surface area contributed by atoms with E-state index in [0.29, 0.717) is 42.5 Å². The lowest BCUT2D eigenvalue weighted by atomic mass is 9.77. The van der Waals surface area contributed by atoms with E-state index in [1.54, 1.807) is 13.1 Å². The first-order valence-electron chi connectivity index (χ1n) is 11.3. The van der Waals surface area contributed by atoms with E-state index in [0.717, 1.165) is 18.4 Å². The summed E-state index contributed by atoms with van der Waals surface area (Å²) in [7, 11) is 5.44. The molecule has 34 heavy (non-hydrogen) atoms. The third-order valence-corrected chi connectivity index (χ3v) is 7.59. The summed E-state index contributed by atoms with van der Waals surface area (Å²) in [6.45, 7) is 3.68. The van der Waals surface area contributed by atoms with Gasteiger partial charge in [0.05, 0.1) is 22.1 Å². The number of likely N-dealkylation sites (N-methyl/N-ethyl adjacent to an activating group) is 2. The zero-order valence-electron chi connectivity index (χ0n) is 20.0. The van der Waals surface area contributed by atoms with E-state index in [9.17, 15) is 10.1 Å². The standard InChI is InChI=1S/C25H30ClFN6O/c1-24(13-28)7-8-25(12-24)14-31-22-19(25)20(26)16(11-30-22)15-5-6-17(29)18(21(15)27)23(34)33(4)10-9-32(2)3/h5-6,11H,7-10,12,14,29H2,1-4H3,(H,30,31). The number of amides is 1. The van der Waals surface area contributed by atoms with Crippen molar-refractivity contribution in [1.29, 1.82) is 5.26 Å². The fourth-order valence-electron chi connectivity index (χ4n) is 5.19. The smallest absolute Gasteiger partial charge is 0.258 e. The van der Waals surface area contributed by atoms with Crippen molar-refractivity contribution < 1.29 is 9.18 Å². The molecule has 2 aliphatic rings. The van der Waals surface area contributed by atoms with Gasteiger partial charge in [-0.25, -0.2) is 9.37 Å². The van der Waals surface area contributed by atoms with Crippen LogP contribution in [0.2, 0.25) is 5.02 Å². The predicted molar refractivity (Wildman–Crippen MR) is 132 cm³/mol. The maximum absolute atomic E-state index is 15.8. The molecule has 7 nitrogen and oxygen atoms in total. The molecule has 1 aliphatic heterocycles. The van der Waals surface area contributed by atoms with Crippen molar-refractivity contribution in [2.45, 2.75) is 31.6 Å². The molecule has 180 valence electrons. The molecule has 4 rings (SSSR count). The zero-order valence-corrected chi connectivity index (χ0v) is 20.8. The SMILES string of the molecule is CN(C)CCN(C)C(=O)c1c(N)ccc(-c2cnc3c(c2Cl)C2(CCC(C)(C#N)C2)CN3)c1F. The second kappa shape index (κ2) is 8.71. The lowest BCUT2D eigenvalue weighted by Crippen LogP contribution is -2.34. The topological polar surface area (TPSA) is 98.3 Å². The van der Waals surface area contributed by atoms with Crippen LogP contribution in [0.5, 0.6) is 0 Å². The lowest BCUT2D eigenvalue weighted by Gasteiger charge is -2.26. The highest BCUT2D eigenvalue weighted by molar-refractivity contribution is 6.34. The predicted octanol–water partition coefficient (Wildman–Crippen LogP) is 4.13. The molecular weight excluding hydrogens is 455 g/mol.